The predicted molar refractivity (Wildman–Crippen MR) is 125 cm³/mol. The van der Waals surface area contributed by atoms with Gasteiger partial charge in [-0.1, -0.05) is 19.1 Å². The molecular weight excluding hydrogens is 469 g/mol. The molecule has 3 nitrogen and oxygen atoms in total. The molecule has 1 aromatic heterocycles. The Kier molecular flexibility index (Phi) is 8.76. The maximum atomic E-state index is 13.0. The second kappa shape index (κ2) is 10.6. The Hall–Kier alpha value is -0.920. The summed E-state index contributed by atoms with van der Waals surface area (Å²) in [6, 6.07) is 6.31. The number of methoxy groups -OCH3 is 1. The van der Waals surface area contributed by atoms with Gasteiger partial charge in [-0.25, -0.2) is 0 Å². The number of benzene rings is 1. The lowest BCUT2D eigenvalue weighted by molar-refractivity contribution is 0.0519. The summed E-state index contributed by atoms with van der Waals surface area (Å²) >= 11 is 6.23. The van der Waals surface area contributed by atoms with Crippen molar-refractivity contribution in [1.29, 1.82) is 0 Å². The SMILES string of the molecule is CCc1cc2cc(C(=O)C3CCC(OC)CC3)c(C)cc2nc1C.S=CI. The van der Waals surface area contributed by atoms with E-state index in [0.717, 1.165) is 59.8 Å². The number of hydrogen-bond acceptors (Lipinski definition) is 4. The average Bonchev–Trinajstić information content (AvgIpc) is 2.67. The Labute approximate surface area is 181 Å². The molecule has 1 aliphatic rings. The van der Waals surface area contributed by atoms with Gasteiger partial charge in [0, 0.05) is 33.0 Å². The second-order valence-electron chi connectivity index (χ2n) is 7.11. The lowest BCUT2D eigenvalue weighted by atomic mass is 9.81. The monoisotopic (exact) mass is 497 g/mol. The molecule has 0 bridgehead atoms. The predicted octanol–water partition coefficient (Wildman–Crippen LogP) is 6.18. The first-order valence-corrected chi connectivity index (χ1v) is 11.2. The van der Waals surface area contributed by atoms with Crippen molar-refractivity contribution >= 4 is 54.9 Å². The van der Waals surface area contributed by atoms with Crippen molar-refractivity contribution in [1.82, 2.24) is 4.98 Å². The van der Waals surface area contributed by atoms with E-state index >= 15 is 0 Å². The summed E-state index contributed by atoms with van der Waals surface area (Å²) in [7, 11) is 1.76. The highest BCUT2D eigenvalue weighted by Gasteiger charge is 2.27. The first-order valence-electron chi connectivity index (χ1n) is 9.46. The summed E-state index contributed by atoms with van der Waals surface area (Å²) in [5.74, 6) is 0.430. The summed E-state index contributed by atoms with van der Waals surface area (Å²) in [5.41, 5.74) is 5.24. The van der Waals surface area contributed by atoms with Crippen molar-refractivity contribution in [3.8, 4) is 0 Å². The summed E-state index contributed by atoms with van der Waals surface area (Å²) in [6.45, 7) is 6.23. The van der Waals surface area contributed by atoms with Gasteiger partial charge in [0.1, 0.15) is 0 Å². The van der Waals surface area contributed by atoms with Gasteiger partial charge in [-0.05, 0) is 97.9 Å². The fourth-order valence-corrected chi connectivity index (χ4v) is 3.87. The van der Waals surface area contributed by atoms with Crippen LogP contribution in [0.2, 0.25) is 0 Å². The van der Waals surface area contributed by atoms with E-state index in [-0.39, 0.29) is 5.92 Å². The van der Waals surface area contributed by atoms with Gasteiger partial charge in [-0.3, -0.25) is 9.78 Å². The minimum Gasteiger partial charge on any atom is -0.381 e. The van der Waals surface area contributed by atoms with Gasteiger partial charge in [0.2, 0.25) is 0 Å². The van der Waals surface area contributed by atoms with Crippen LogP contribution in [-0.2, 0) is 11.2 Å². The number of ether oxygens (including phenoxy) is 1. The first-order chi connectivity index (χ1) is 12.9. The van der Waals surface area contributed by atoms with Crippen molar-refractivity contribution in [2.75, 3.05) is 7.11 Å². The smallest absolute Gasteiger partial charge is 0.166 e. The Morgan fingerprint density at radius 1 is 1.26 bits per heavy atom. The van der Waals surface area contributed by atoms with Crippen molar-refractivity contribution in [3.63, 3.8) is 0 Å². The van der Waals surface area contributed by atoms with Crippen LogP contribution in [0.4, 0.5) is 0 Å². The molecule has 27 heavy (non-hydrogen) atoms. The van der Waals surface area contributed by atoms with E-state index in [4.69, 9.17) is 9.72 Å². The standard InChI is InChI=1S/C21H27NO2.CHIS/c1-5-15-11-17-12-19(13(2)10-20(17)22-14(15)3)21(23)16-6-8-18(24-4)9-7-16;2-1-3/h10-12,16,18H,5-9H2,1-4H3;1H. The summed E-state index contributed by atoms with van der Waals surface area (Å²) in [5, 5.41) is 1.08. The number of fused-ring (bicyclic) bond motifs is 1. The van der Waals surface area contributed by atoms with Crippen LogP contribution in [0.5, 0.6) is 0 Å². The highest BCUT2D eigenvalue weighted by Crippen LogP contribution is 2.31. The van der Waals surface area contributed by atoms with E-state index in [0.29, 0.717) is 11.9 Å². The van der Waals surface area contributed by atoms with Crippen molar-refractivity contribution in [2.24, 2.45) is 5.92 Å². The Morgan fingerprint density at radius 3 is 2.44 bits per heavy atom. The molecule has 0 saturated heterocycles. The maximum absolute atomic E-state index is 13.0. The Bertz CT molecular complexity index is 814. The van der Waals surface area contributed by atoms with E-state index in [2.05, 4.69) is 44.3 Å². The van der Waals surface area contributed by atoms with Gasteiger partial charge in [-0.2, -0.15) is 0 Å². The minimum absolute atomic E-state index is 0.136. The van der Waals surface area contributed by atoms with E-state index in [1.54, 1.807) is 10.5 Å². The van der Waals surface area contributed by atoms with Crippen LogP contribution < -0.4 is 0 Å². The van der Waals surface area contributed by atoms with Gasteiger partial charge in [0.05, 0.1) is 11.6 Å². The molecule has 0 amide bonds. The molecule has 0 spiro atoms. The molecule has 0 atom stereocenters. The number of aryl methyl sites for hydroxylation is 3. The number of halogens is 1. The molecular formula is C22H28INO2S. The summed E-state index contributed by atoms with van der Waals surface area (Å²) in [6.07, 6.45) is 5.13. The van der Waals surface area contributed by atoms with E-state index in [1.165, 1.54) is 5.56 Å². The number of rotatable bonds is 4. The molecule has 0 aliphatic heterocycles. The van der Waals surface area contributed by atoms with Crippen LogP contribution >= 0.6 is 34.8 Å². The number of ketones is 1. The zero-order valence-corrected chi connectivity index (χ0v) is 19.5. The van der Waals surface area contributed by atoms with Crippen LogP contribution in [0.25, 0.3) is 10.9 Å². The van der Waals surface area contributed by atoms with Crippen LogP contribution in [0, 0.1) is 19.8 Å². The lowest BCUT2D eigenvalue weighted by Crippen LogP contribution is -2.26. The van der Waals surface area contributed by atoms with E-state index < -0.39 is 0 Å². The lowest BCUT2D eigenvalue weighted by Gasteiger charge is -2.27. The van der Waals surface area contributed by atoms with Crippen LogP contribution in [0.1, 0.15) is 59.8 Å². The third-order valence-corrected chi connectivity index (χ3v) is 5.48. The van der Waals surface area contributed by atoms with E-state index in [1.807, 2.05) is 29.5 Å². The Balaban J connectivity index is 0.000000817. The van der Waals surface area contributed by atoms with Gasteiger partial charge >= 0.3 is 0 Å². The first kappa shape index (κ1) is 22.4. The van der Waals surface area contributed by atoms with Gasteiger partial charge in [-0.15, -0.1) is 0 Å². The molecule has 0 radical (unpaired) electrons. The number of pyridine rings is 1. The van der Waals surface area contributed by atoms with Crippen LogP contribution in [0.3, 0.4) is 0 Å². The number of thiocarbonyl (C=S) groups is 1. The summed E-state index contributed by atoms with van der Waals surface area (Å²) < 4.78 is 6.98. The molecule has 146 valence electrons. The minimum atomic E-state index is 0.136. The fourth-order valence-electron chi connectivity index (χ4n) is 3.87. The van der Waals surface area contributed by atoms with Crippen LogP contribution in [-0.4, -0.2) is 27.4 Å². The average molecular weight is 497 g/mol. The molecule has 0 unspecified atom stereocenters. The molecule has 0 N–H and O–H groups in total. The third-order valence-electron chi connectivity index (χ3n) is 5.48. The third kappa shape index (κ3) is 5.55. The quantitative estimate of drug-likeness (QED) is 0.219. The van der Waals surface area contributed by atoms with Gasteiger partial charge in [0.25, 0.3) is 0 Å². The molecule has 1 heterocycles. The van der Waals surface area contributed by atoms with Gasteiger partial charge < -0.3 is 4.74 Å². The normalized spacial score (nSPS) is 19.3. The maximum Gasteiger partial charge on any atom is 0.166 e. The van der Waals surface area contributed by atoms with Crippen molar-refractivity contribution in [3.05, 3.63) is 40.6 Å². The topological polar surface area (TPSA) is 39.2 Å². The highest BCUT2D eigenvalue weighted by atomic mass is 127. The zero-order valence-electron chi connectivity index (χ0n) is 16.5. The van der Waals surface area contributed by atoms with Crippen LogP contribution in [0.15, 0.2) is 18.2 Å². The Morgan fingerprint density at radius 2 is 1.89 bits per heavy atom. The number of aromatic nitrogens is 1. The molecule has 1 saturated carbocycles. The number of carbonyl (C=O) groups excluding carboxylic acids is 1. The zero-order chi connectivity index (χ0) is 20.0. The summed E-state index contributed by atoms with van der Waals surface area (Å²) in [4.78, 5) is 17.7. The van der Waals surface area contributed by atoms with Crippen molar-refractivity contribution in [2.45, 2.75) is 59.0 Å². The fraction of sp³-hybridized carbons (Fsp3) is 0.500. The molecule has 1 aromatic carbocycles. The van der Waals surface area contributed by atoms with Gasteiger partial charge in [0.15, 0.2) is 5.78 Å². The van der Waals surface area contributed by atoms with Crippen molar-refractivity contribution < 1.29 is 9.53 Å². The second-order valence-corrected chi connectivity index (χ2v) is 8.81. The number of carbonyl (C=O) groups is 1. The highest BCUT2D eigenvalue weighted by molar-refractivity contribution is 14.1. The molecule has 5 heteroatoms. The molecule has 2 aromatic rings. The van der Waals surface area contributed by atoms with E-state index in [9.17, 15) is 4.79 Å². The number of Topliss-reactive ketones (excluding diaryl/α,β-unsaturated/α-hetero) is 1. The molecule has 1 aliphatic carbocycles. The number of nitrogens with zero attached hydrogens (tertiary/aromatic N) is 1. The molecule has 1 fully saturated rings. The number of hydrogen-bond donors (Lipinski definition) is 0. The molecule has 3 rings (SSSR count). The largest absolute Gasteiger partial charge is 0.381 e.